The molecule has 3 heteroatoms. The summed E-state index contributed by atoms with van der Waals surface area (Å²) < 4.78 is 12.9. The van der Waals surface area contributed by atoms with Crippen LogP contribution in [-0.4, -0.2) is 18.9 Å². The van der Waals surface area contributed by atoms with E-state index in [0.717, 1.165) is 18.7 Å². The number of halogens is 1. The smallest absolute Gasteiger partial charge is 0.167 e. The highest BCUT2D eigenvalue weighted by Crippen LogP contribution is 2.23. The van der Waals surface area contributed by atoms with E-state index in [1.807, 2.05) is 0 Å². The number of carbonyl (C=O) groups is 1. The largest absolute Gasteiger partial charge is 0.316 e. The molecule has 16 heavy (non-hydrogen) atoms. The molecule has 1 heterocycles. The topological polar surface area (TPSA) is 29.1 Å². The fourth-order valence-electron chi connectivity index (χ4n) is 2.26. The van der Waals surface area contributed by atoms with Gasteiger partial charge in [-0.3, -0.25) is 4.79 Å². The van der Waals surface area contributed by atoms with Gasteiger partial charge < -0.3 is 5.32 Å². The van der Waals surface area contributed by atoms with Crippen molar-refractivity contribution in [1.29, 1.82) is 0 Å². The SMILES string of the molecule is Cc1cc(F)ccc1C(=O)C1CNCC1C. The molecule has 1 saturated heterocycles. The van der Waals surface area contributed by atoms with Gasteiger partial charge in [0.25, 0.3) is 0 Å². The molecule has 0 spiro atoms. The first-order chi connectivity index (χ1) is 7.59. The third-order valence-electron chi connectivity index (χ3n) is 3.31. The second-order valence-electron chi connectivity index (χ2n) is 4.57. The summed E-state index contributed by atoms with van der Waals surface area (Å²) in [6.07, 6.45) is 0. The van der Waals surface area contributed by atoms with Crippen molar-refractivity contribution >= 4 is 5.78 Å². The highest BCUT2D eigenvalue weighted by molar-refractivity contribution is 5.99. The van der Waals surface area contributed by atoms with Crippen molar-refractivity contribution in [2.45, 2.75) is 13.8 Å². The van der Waals surface area contributed by atoms with Crippen LogP contribution >= 0.6 is 0 Å². The van der Waals surface area contributed by atoms with E-state index in [2.05, 4.69) is 12.2 Å². The van der Waals surface area contributed by atoms with E-state index in [-0.39, 0.29) is 17.5 Å². The van der Waals surface area contributed by atoms with Gasteiger partial charge in [0.2, 0.25) is 0 Å². The Bertz CT molecular complexity index is 416. The summed E-state index contributed by atoms with van der Waals surface area (Å²) in [5, 5.41) is 3.21. The molecule has 2 unspecified atom stereocenters. The van der Waals surface area contributed by atoms with Gasteiger partial charge >= 0.3 is 0 Å². The molecule has 0 saturated carbocycles. The van der Waals surface area contributed by atoms with E-state index in [0.29, 0.717) is 11.5 Å². The van der Waals surface area contributed by atoms with Gasteiger partial charge in [-0.05, 0) is 43.1 Å². The molecule has 1 fully saturated rings. The van der Waals surface area contributed by atoms with Gasteiger partial charge in [0.05, 0.1) is 0 Å². The van der Waals surface area contributed by atoms with Crippen molar-refractivity contribution in [2.24, 2.45) is 11.8 Å². The molecule has 1 N–H and O–H groups in total. The van der Waals surface area contributed by atoms with Gasteiger partial charge in [0.15, 0.2) is 5.78 Å². The molecule has 1 aliphatic rings. The highest BCUT2D eigenvalue weighted by Gasteiger charge is 2.30. The summed E-state index contributed by atoms with van der Waals surface area (Å²) in [6.45, 7) is 5.47. The summed E-state index contributed by atoms with van der Waals surface area (Å²) in [5.74, 6) is 0.239. The Morgan fingerprint density at radius 3 is 2.75 bits per heavy atom. The van der Waals surface area contributed by atoms with Crippen molar-refractivity contribution in [3.8, 4) is 0 Å². The monoisotopic (exact) mass is 221 g/mol. The van der Waals surface area contributed by atoms with E-state index in [1.165, 1.54) is 12.1 Å². The Morgan fingerprint density at radius 1 is 1.44 bits per heavy atom. The Kier molecular flexibility index (Phi) is 3.06. The zero-order valence-electron chi connectivity index (χ0n) is 9.59. The summed E-state index contributed by atoms with van der Waals surface area (Å²) in [7, 11) is 0. The summed E-state index contributed by atoms with van der Waals surface area (Å²) in [5.41, 5.74) is 1.38. The van der Waals surface area contributed by atoms with E-state index in [1.54, 1.807) is 13.0 Å². The second-order valence-corrected chi connectivity index (χ2v) is 4.57. The number of carbonyl (C=O) groups excluding carboxylic acids is 1. The van der Waals surface area contributed by atoms with Crippen LogP contribution in [0.1, 0.15) is 22.8 Å². The van der Waals surface area contributed by atoms with Crippen LogP contribution < -0.4 is 5.32 Å². The third kappa shape index (κ3) is 2.00. The second kappa shape index (κ2) is 4.34. The number of hydrogen-bond donors (Lipinski definition) is 1. The zero-order valence-corrected chi connectivity index (χ0v) is 9.59. The lowest BCUT2D eigenvalue weighted by molar-refractivity contribution is 0.0907. The Labute approximate surface area is 94.9 Å². The lowest BCUT2D eigenvalue weighted by atomic mass is 9.88. The molecule has 0 aliphatic carbocycles. The van der Waals surface area contributed by atoms with Crippen LogP contribution in [0.3, 0.4) is 0 Å². The molecule has 1 aliphatic heterocycles. The van der Waals surface area contributed by atoms with E-state index >= 15 is 0 Å². The molecule has 0 radical (unpaired) electrons. The predicted octanol–water partition coefficient (Wildman–Crippen LogP) is 2.17. The number of rotatable bonds is 2. The summed E-state index contributed by atoms with van der Waals surface area (Å²) in [6, 6.07) is 4.37. The Morgan fingerprint density at radius 2 is 2.19 bits per heavy atom. The van der Waals surface area contributed by atoms with Crippen LogP contribution in [0.15, 0.2) is 18.2 Å². The molecule has 86 valence electrons. The van der Waals surface area contributed by atoms with Gasteiger partial charge in [0, 0.05) is 18.0 Å². The summed E-state index contributed by atoms with van der Waals surface area (Å²) in [4.78, 5) is 12.2. The maximum Gasteiger partial charge on any atom is 0.167 e. The van der Waals surface area contributed by atoms with E-state index in [9.17, 15) is 9.18 Å². The van der Waals surface area contributed by atoms with Crippen LogP contribution in [-0.2, 0) is 0 Å². The van der Waals surface area contributed by atoms with Crippen LogP contribution in [0, 0.1) is 24.6 Å². The fraction of sp³-hybridized carbons (Fsp3) is 0.462. The minimum atomic E-state index is -0.286. The van der Waals surface area contributed by atoms with Crippen LogP contribution in [0.2, 0.25) is 0 Å². The maximum absolute atomic E-state index is 12.9. The standard InChI is InChI=1S/C13H16FNO/c1-8-5-10(14)3-4-11(8)13(16)12-7-15-6-9(12)2/h3-5,9,12,15H,6-7H2,1-2H3. The Balaban J connectivity index is 2.27. The molecular formula is C13H16FNO. The van der Waals surface area contributed by atoms with Crippen molar-refractivity contribution in [3.05, 3.63) is 35.1 Å². The van der Waals surface area contributed by atoms with Crippen molar-refractivity contribution in [3.63, 3.8) is 0 Å². The minimum Gasteiger partial charge on any atom is -0.316 e. The number of Topliss-reactive ketones (excluding diaryl/α,β-unsaturated/α-hetero) is 1. The molecule has 0 bridgehead atoms. The molecule has 1 aromatic rings. The lowest BCUT2D eigenvalue weighted by Crippen LogP contribution is -2.22. The van der Waals surface area contributed by atoms with E-state index < -0.39 is 0 Å². The normalized spacial score (nSPS) is 24.7. The lowest BCUT2D eigenvalue weighted by Gasteiger charge is -2.14. The van der Waals surface area contributed by atoms with Gasteiger partial charge in [-0.2, -0.15) is 0 Å². The molecular weight excluding hydrogens is 205 g/mol. The van der Waals surface area contributed by atoms with Crippen molar-refractivity contribution in [2.75, 3.05) is 13.1 Å². The van der Waals surface area contributed by atoms with Gasteiger partial charge in [0.1, 0.15) is 5.82 Å². The third-order valence-corrected chi connectivity index (χ3v) is 3.31. The number of hydrogen-bond acceptors (Lipinski definition) is 2. The van der Waals surface area contributed by atoms with E-state index in [4.69, 9.17) is 0 Å². The van der Waals surface area contributed by atoms with Crippen LogP contribution in [0.25, 0.3) is 0 Å². The highest BCUT2D eigenvalue weighted by atomic mass is 19.1. The number of nitrogens with one attached hydrogen (secondary N) is 1. The zero-order chi connectivity index (χ0) is 11.7. The van der Waals surface area contributed by atoms with Crippen molar-refractivity contribution in [1.82, 2.24) is 5.32 Å². The van der Waals surface area contributed by atoms with Crippen molar-refractivity contribution < 1.29 is 9.18 Å². The van der Waals surface area contributed by atoms with Crippen LogP contribution in [0.4, 0.5) is 4.39 Å². The number of benzene rings is 1. The first kappa shape index (κ1) is 11.3. The number of aryl methyl sites for hydroxylation is 1. The average Bonchev–Trinajstić information content (AvgIpc) is 2.63. The molecule has 2 nitrogen and oxygen atoms in total. The molecule has 2 rings (SSSR count). The molecule has 2 atom stereocenters. The van der Waals surface area contributed by atoms with Gasteiger partial charge in [-0.1, -0.05) is 6.92 Å². The molecule has 0 amide bonds. The quantitative estimate of drug-likeness (QED) is 0.775. The minimum absolute atomic E-state index is 0.0316. The van der Waals surface area contributed by atoms with Gasteiger partial charge in [-0.25, -0.2) is 4.39 Å². The summed E-state index contributed by atoms with van der Waals surface area (Å²) >= 11 is 0. The Hall–Kier alpha value is -1.22. The number of ketones is 1. The van der Waals surface area contributed by atoms with Crippen LogP contribution in [0.5, 0.6) is 0 Å². The van der Waals surface area contributed by atoms with Gasteiger partial charge in [-0.15, -0.1) is 0 Å². The average molecular weight is 221 g/mol. The predicted molar refractivity (Wildman–Crippen MR) is 61.0 cm³/mol. The fourth-order valence-corrected chi connectivity index (χ4v) is 2.26. The molecule has 0 aromatic heterocycles. The first-order valence-corrected chi connectivity index (χ1v) is 5.60. The first-order valence-electron chi connectivity index (χ1n) is 5.60. The maximum atomic E-state index is 12.9. The molecule has 1 aromatic carbocycles.